The van der Waals surface area contributed by atoms with E-state index in [1.54, 1.807) is 0 Å². The second-order valence-electron chi connectivity index (χ2n) is 4.69. The Balaban J connectivity index is 1.88. The highest BCUT2D eigenvalue weighted by Crippen LogP contribution is 2.23. The Bertz CT molecular complexity index is 315. The van der Waals surface area contributed by atoms with Crippen LogP contribution in [0.2, 0.25) is 0 Å². The van der Waals surface area contributed by atoms with E-state index in [1.165, 1.54) is 38.5 Å². The molecule has 2 N–H and O–H groups in total. The minimum Gasteiger partial charge on any atom is -0.490 e. The number of hydrogen-bond acceptors (Lipinski definition) is 3. The molecule has 2 rings (SSSR count). The Morgan fingerprint density at radius 2 is 1.65 bits per heavy atom. The fourth-order valence-electron chi connectivity index (χ4n) is 2.31. The van der Waals surface area contributed by atoms with E-state index in [-0.39, 0.29) is 0 Å². The minimum atomic E-state index is 0.397. The van der Waals surface area contributed by atoms with Crippen LogP contribution in [0.1, 0.15) is 44.1 Å². The third-order valence-electron chi connectivity index (χ3n) is 3.28. The SMILES string of the molecule is NOCc1ccc(OC2CCCCCC2)cc1. The summed E-state index contributed by atoms with van der Waals surface area (Å²) >= 11 is 0. The summed E-state index contributed by atoms with van der Waals surface area (Å²) in [7, 11) is 0. The average Bonchev–Trinajstić information content (AvgIpc) is 2.61. The van der Waals surface area contributed by atoms with Crippen LogP contribution in [0.4, 0.5) is 0 Å². The molecule has 1 aliphatic carbocycles. The third kappa shape index (κ3) is 4.02. The molecule has 94 valence electrons. The maximum Gasteiger partial charge on any atom is 0.119 e. The van der Waals surface area contributed by atoms with Gasteiger partial charge in [-0.3, -0.25) is 4.84 Å². The fourth-order valence-corrected chi connectivity index (χ4v) is 2.31. The Morgan fingerprint density at radius 3 is 2.24 bits per heavy atom. The molecule has 1 aromatic rings. The van der Waals surface area contributed by atoms with Gasteiger partial charge in [-0.15, -0.1) is 0 Å². The van der Waals surface area contributed by atoms with E-state index >= 15 is 0 Å². The molecular formula is C14H21NO2. The first-order valence-electron chi connectivity index (χ1n) is 6.46. The summed E-state index contributed by atoms with van der Waals surface area (Å²) in [5.41, 5.74) is 1.07. The van der Waals surface area contributed by atoms with Crippen molar-refractivity contribution in [3.8, 4) is 5.75 Å². The highest BCUT2D eigenvalue weighted by atomic mass is 16.6. The lowest BCUT2D eigenvalue weighted by atomic mass is 10.1. The zero-order valence-corrected chi connectivity index (χ0v) is 10.2. The molecule has 0 amide bonds. The van der Waals surface area contributed by atoms with Gasteiger partial charge < -0.3 is 4.74 Å². The quantitative estimate of drug-likeness (QED) is 0.644. The predicted octanol–water partition coefficient (Wildman–Crippen LogP) is 3.18. The van der Waals surface area contributed by atoms with Crippen LogP contribution in [0.15, 0.2) is 24.3 Å². The molecule has 0 aromatic heterocycles. The zero-order chi connectivity index (χ0) is 11.9. The molecule has 0 aliphatic heterocycles. The monoisotopic (exact) mass is 235 g/mol. The molecule has 0 unspecified atom stereocenters. The summed E-state index contributed by atoms with van der Waals surface area (Å²) < 4.78 is 6.00. The normalized spacial score (nSPS) is 17.7. The first-order valence-corrected chi connectivity index (χ1v) is 6.46. The highest BCUT2D eigenvalue weighted by molar-refractivity contribution is 5.27. The van der Waals surface area contributed by atoms with Crippen LogP contribution >= 0.6 is 0 Å². The van der Waals surface area contributed by atoms with E-state index in [4.69, 9.17) is 10.6 Å². The first-order chi connectivity index (χ1) is 8.38. The van der Waals surface area contributed by atoms with E-state index in [9.17, 15) is 0 Å². The lowest BCUT2D eigenvalue weighted by Gasteiger charge is -2.17. The van der Waals surface area contributed by atoms with Crippen LogP contribution in [0, 0.1) is 0 Å². The number of hydrogen-bond donors (Lipinski definition) is 1. The van der Waals surface area contributed by atoms with Crippen molar-refractivity contribution in [1.82, 2.24) is 0 Å². The predicted molar refractivity (Wildman–Crippen MR) is 67.5 cm³/mol. The Kier molecular flexibility index (Phi) is 4.83. The van der Waals surface area contributed by atoms with Crippen LogP contribution in [0.3, 0.4) is 0 Å². The van der Waals surface area contributed by atoms with Crippen molar-refractivity contribution in [3.63, 3.8) is 0 Å². The van der Waals surface area contributed by atoms with Gasteiger partial charge in [-0.2, -0.15) is 0 Å². The van der Waals surface area contributed by atoms with E-state index < -0.39 is 0 Å². The second-order valence-corrected chi connectivity index (χ2v) is 4.69. The van der Waals surface area contributed by atoms with Gasteiger partial charge >= 0.3 is 0 Å². The molecule has 1 aromatic carbocycles. The minimum absolute atomic E-state index is 0.397. The van der Waals surface area contributed by atoms with Crippen molar-refractivity contribution in [2.45, 2.75) is 51.2 Å². The number of nitrogens with two attached hydrogens (primary N) is 1. The summed E-state index contributed by atoms with van der Waals surface area (Å²) in [5, 5.41) is 0. The van der Waals surface area contributed by atoms with Gasteiger partial charge in [0, 0.05) is 0 Å². The van der Waals surface area contributed by atoms with E-state index in [1.807, 2.05) is 24.3 Å². The van der Waals surface area contributed by atoms with Gasteiger partial charge in [-0.05, 0) is 43.4 Å². The molecule has 1 saturated carbocycles. The van der Waals surface area contributed by atoms with Gasteiger partial charge in [0.1, 0.15) is 5.75 Å². The Labute approximate surface area is 103 Å². The molecule has 0 spiro atoms. The van der Waals surface area contributed by atoms with Crippen molar-refractivity contribution in [2.24, 2.45) is 5.90 Å². The summed E-state index contributed by atoms with van der Waals surface area (Å²) in [6, 6.07) is 8.00. The van der Waals surface area contributed by atoms with Crippen LogP contribution in [-0.4, -0.2) is 6.10 Å². The smallest absolute Gasteiger partial charge is 0.119 e. The van der Waals surface area contributed by atoms with Crippen molar-refractivity contribution in [2.75, 3.05) is 0 Å². The molecule has 1 fully saturated rings. The molecule has 0 saturated heterocycles. The van der Waals surface area contributed by atoms with Crippen LogP contribution in [-0.2, 0) is 11.4 Å². The fraction of sp³-hybridized carbons (Fsp3) is 0.571. The molecule has 3 heteroatoms. The maximum atomic E-state index is 6.00. The third-order valence-corrected chi connectivity index (χ3v) is 3.28. The largest absolute Gasteiger partial charge is 0.490 e. The summed E-state index contributed by atoms with van der Waals surface area (Å²) in [6.45, 7) is 0.448. The van der Waals surface area contributed by atoms with Crippen molar-refractivity contribution in [3.05, 3.63) is 29.8 Å². The standard InChI is InChI=1S/C14H21NO2/c15-16-11-12-7-9-14(10-8-12)17-13-5-3-1-2-4-6-13/h7-10,13H,1-6,11,15H2. The summed E-state index contributed by atoms with van der Waals surface area (Å²) in [5.74, 6) is 5.99. The Hall–Kier alpha value is -1.06. The maximum absolute atomic E-state index is 6.00. The van der Waals surface area contributed by atoms with Crippen LogP contribution in [0.25, 0.3) is 0 Å². The van der Waals surface area contributed by atoms with E-state index in [2.05, 4.69) is 4.84 Å². The van der Waals surface area contributed by atoms with Crippen molar-refractivity contribution >= 4 is 0 Å². The molecular weight excluding hydrogens is 214 g/mol. The van der Waals surface area contributed by atoms with Gasteiger partial charge in [-0.25, -0.2) is 5.90 Å². The molecule has 0 radical (unpaired) electrons. The lowest BCUT2D eigenvalue weighted by molar-refractivity contribution is 0.124. The van der Waals surface area contributed by atoms with Gasteiger partial charge in [0.25, 0.3) is 0 Å². The number of benzene rings is 1. The molecule has 0 atom stereocenters. The van der Waals surface area contributed by atoms with Crippen molar-refractivity contribution in [1.29, 1.82) is 0 Å². The molecule has 0 heterocycles. The number of rotatable bonds is 4. The van der Waals surface area contributed by atoms with Gasteiger partial charge in [0.2, 0.25) is 0 Å². The molecule has 17 heavy (non-hydrogen) atoms. The van der Waals surface area contributed by atoms with Gasteiger partial charge in [0.05, 0.1) is 12.7 Å². The van der Waals surface area contributed by atoms with E-state index in [0.29, 0.717) is 12.7 Å². The van der Waals surface area contributed by atoms with Crippen LogP contribution < -0.4 is 10.6 Å². The lowest BCUT2D eigenvalue weighted by Crippen LogP contribution is -2.15. The van der Waals surface area contributed by atoms with Gasteiger partial charge in [-0.1, -0.05) is 25.0 Å². The molecule has 1 aliphatic rings. The number of ether oxygens (including phenoxy) is 1. The second kappa shape index (κ2) is 6.62. The zero-order valence-electron chi connectivity index (χ0n) is 10.2. The average molecular weight is 235 g/mol. The topological polar surface area (TPSA) is 44.5 Å². The van der Waals surface area contributed by atoms with E-state index in [0.717, 1.165) is 11.3 Å². The van der Waals surface area contributed by atoms with Crippen molar-refractivity contribution < 1.29 is 9.57 Å². The van der Waals surface area contributed by atoms with Gasteiger partial charge in [0.15, 0.2) is 0 Å². The first kappa shape index (κ1) is 12.4. The summed E-state index contributed by atoms with van der Waals surface area (Å²) in [4.78, 5) is 4.59. The Morgan fingerprint density at radius 1 is 1.00 bits per heavy atom. The molecule has 3 nitrogen and oxygen atoms in total. The summed E-state index contributed by atoms with van der Waals surface area (Å²) in [6.07, 6.45) is 8.07. The molecule has 0 bridgehead atoms. The highest BCUT2D eigenvalue weighted by Gasteiger charge is 2.13. The van der Waals surface area contributed by atoms with Crippen LogP contribution in [0.5, 0.6) is 5.75 Å².